The van der Waals surface area contributed by atoms with Gasteiger partial charge in [0.1, 0.15) is 0 Å². The van der Waals surface area contributed by atoms with E-state index < -0.39 is 0 Å². The molecule has 3 aromatic rings. The molecule has 1 atom stereocenters. The van der Waals surface area contributed by atoms with E-state index in [2.05, 4.69) is 20.6 Å². The molecule has 1 aromatic carbocycles. The lowest BCUT2D eigenvalue weighted by Crippen LogP contribution is -2.28. The molecule has 2 N–H and O–H groups in total. The fourth-order valence-corrected chi connectivity index (χ4v) is 4.28. The molecule has 6 nitrogen and oxygen atoms in total. The Balaban J connectivity index is 1.41. The quantitative estimate of drug-likeness (QED) is 0.667. The first-order chi connectivity index (χ1) is 13.6. The molecule has 1 aliphatic rings. The van der Waals surface area contributed by atoms with Gasteiger partial charge in [-0.1, -0.05) is 17.7 Å². The van der Waals surface area contributed by atoms with Crippen molar-refractivity contribution < 1.29 is 9.59 Å². The van der Waals surface area contributed by atoms with Gasteiger partial charge in [0.2, 0.25) is 5.91 Å². The number of aryl methyl sites for hydroxylation is 1. The van der Waals surface area contributed by atoms with Gasteiger partial charge in [0.05, 0.1) is 11.6 Å². The summed E-state index contributed by atoms with van der Waals surface area (Å²) in [6.45, 7) is 0.433. The summed E-state index contributed by atoms with van der Waals surface area (Å²) in [7, 11) is 0. The summed E-state index contributed by atoms with van der Waals surface area (Å²) in [4.78, 5) is 34.6. The molecule has 0 spiro atoms. The van der Waals surface area contributed by atoms with Crippen molar-refractivity contribution in [3.05, 3.63) is 75.5 Å². The molecule has 0 aliphatic heterocycles. The lowest BCUT2D eigenvalue weighted by atomic mass is 10.1. The van der Waals surface area contributed by atoms with Gasteiger partial charge in [-0.05, 0) is 48.7 Å². The number of rotatable bonds is 5. The van der Waals surface area contributed by atoms with Crippen molar-refractivity contribution in [2.75, 3.05) is 5.32 Å². The van der Waals surface area contributed by atoms with E-state index in [4.69, 9.17) is 11.6 Å². The van der Waals surface area contributed by atoms with Crippen LogP contribution in [0.4, 0.5) is 5.13 Å². The summed E-state index contributed by atoms with van der Waals surface area (Å²) in [6, 6.07) is 10.4. The molecule has 1 aliphatic carbocycles. The van der Waals surface area contributed by atoms with Crippen molar-refractivity contribution >= 4 is 39.9 Å². The highest BCUT2D eigenvalue weighted by molar-refractivity contribution is 7.16. The number of amides is 2. The predicted molar refractivity (Wildman–Crippen MR) is 109 cm³/mol. The van der Waals surface area contributed by atoms with E-state index in [1.165, 1.54) is 11.3 Å². The number of carbonyl (C=O) groups is 2. The van der Waals surface area contributed by atoms with Crippen LogP contribution in [-0.4, -0.2) is 21.8 Å². The topological polar surface area (TPSA) is 84.0 Å². The maximum absolute atomic E-state index is 12.6. The van der Waals surface area contributed by atoms with Crippen LogP contribution in [0.2, 0.25) is 5.02 Å². The molecule has 0 radical (unpaired) electrons. The van der Waals surface area contributed by atoms with Crippen LogP contribution in [0.1, 0.15) is 38.8 Å². The van der Waals surface area contributed by atoms with Crippen LogP contribution in [0.25, 0.3) is 0 Å². The highest BCUT2D eigenvalue weighted by Crippen LogP contribution is 2.38. The third-order valence-corrected chi connectivity index (χ3v) is 5.85. The number of carbonyl (C=O) groups excluding carboxylic acids is 2. The summed E-state index contributed by atoms with van der Waals surface area (Å²) in [6.07, 6.45) is 4.95. The summed E-state index contributed by atoms with van der Waals surface area (Å²) in [5, 5.41) is 6.84. The highest BCUT2D eigenvalue weighted by atomic mass is 35.5. The van der Waals surface area contributed by atoms with Gasteiger partial charge in [-0.15, -0.1) is 11.3 Å². The Morgan fingerprint density at radius 3 is 2.79 bits per heavy atom. The Morgan fingerprint density at radius 1 is 1.21 bits per heavy atom. The van der Waals surface area contributed by atoms with Crippen LogP contribution in [0, 0.1) is 0 Å². The van der Waals surface area contributed by atoms with E-state index in [1.54, 1.807) is 36.7 Å². The van der Waals surface area contributed by atoms with Crippen LogP contribution < -0.4 is 10.6 Å². The number of pyridine rings is 1. The van der Waals surface area contributed by atoms with Crippen LogP contribution in [0.5, 0.6) is 0 Å². The maximum Gasteiger partial charge on any atom is 0.257 e. The Kier molecular flexibility index (Phi) is 5.36. The molecule has 28 heavy (non-hydrogen) atoms. The second-order valence-corrected chi connectivity index (χ2v) is 7.98. The molecule has 4 rings (SSSR count). The Bertz CT molecular complexity index is 1000. The van der Waals surface area contributed by atoms with Gasteiger partial charge in [-0.2, -0.15) is 0 Å². The third kappa shape index (κ3) is 4.05. The van der Waals surface area contributed by atoms with Gasteiger partial charge in [-0.25, -0.2) is 4.98 Å². The zero-order chi connectivity index (χ0) is 19.5. The number of nitrogens with zero attached hydrogens (tertiary/aromatic N) is 2. The molecule has 1 unspecified atom stereocenters. The molecule has 2 heterocycles. The normalized spacial score (nSPS) is 15.1. The van der Waals surface area contributed by atoms with E-state index in [1.807, 2.05) is 12.1 Å². The second-order valence-electron chi connectivity index (χ2n) is 6.46. The summed E-state index contributed by atoms with van der Waals surface area (Å²) in [5.41, 5.74) is 2.22. The maximum atomic E-state index is 12.6. The number of anilines is 1. The molecule has 142 valence electrons. The third-order valence-electron chi connectivity index (χ3n) is 4.55. The first-order valence-corrected chi connectivity index (χ1v) is 10.0. The summed E-state index contributed by atoms with van der Waals surface area (Å²) in [5.74, 6) is -0.589. The number of hydrogen-bond donors (Lipinski definition) is 2. The van der Waals surface area contributed by atoms with E-state index in [-0.39, 0.29) is 17.7 Å². The largest absolute Gasteiger partial charge is 0.351 e. The number of aromatic nitrogens is 2. The van der Waals surface area contributed by atoms with Gasteiger partial charge < -0.3 is 5.32 Å². The summed E-state index contributed by atoms with van der Waals surface area (Å²) >= 11 is 7.28. The minimum atomic E-state index is -0.288. The van der Waals surface area contributed by atoms with Crippen molar-refractivity contribution in [2.45, 2.75) is 25.3 Å². The first kappa shape index (κ1) is 18.6. The molecule has 0 saturated heterocycles. The van der Waals surface area contributed by atoms with Gasteiger partial charge in [-0.3, -0.25) is 19.9 Å². The van der Waals surface area contributed by atoms with Crippen molar-refractivity contribution in [1.29, 1.82) is 0 Å². The van der Waals surface area contributed by atoms with Gasteiger partial charge >= 0.3 is 0 Å². The van der Waals surface area contributed by atoms with E-state index in [9.17, 15) is 9.59 Å². The number of benzene rings is 1. The van der Waals surface area contributed by atoms with Crippen LogP contribution >= 0.6 is 22.9 Å². The average Bonchev–Trinajstić information content (AvgIpc) is 3.27. The molecule has 0 saturated carbocycles. The molecule has 8 heteroatoms. The number of hydrogen-bond acceptors (Lipinski definition) is 5. The number of thiazole rings is 1. The lowest BCUT2D eigenvalue weighted by Gasteiger charge is -2.10. The Hall–Kier alpha value is -2.77. The van der Waals surface area contributed by atoms with Crippen LogP contribution in [-0.2, 0) is 17.8 Å². The molecule has 0 bridgehead atoms. The van der Waals surface area contributed by atoms with Crippen molar-refractivity contribution in [2.24, 2.45) is 0 Å². The van der Waals surface area contributed by atoms with E-state index in [0.717, 1.165) is 29.0 Å². The van der Waals surface area contributed by atoms with Gasteiger partial charge in [0.25, 0.3) is 5.91 Å². The average molecular weight is 413 g/mol. The van der Waals surface area contributed by atoms with Crippen LogP contribution in [0.3, 0.4) is 0 Å². The van der Waals surface area contributed by atoms with Crippen molar-refractivity contribution in [3.8, 4) is 0 Å². The minimum absolute atomic E-state index is 0.0523. The fraction of sp³-hybridized carbons (Fsp3) is 0.200. The van der Waals surface area contributed by atoms with Crippen molar-refractivity contribution in [3.63, 3.8) is 0 Å². The van der Waals surface area contributed by atoms with Crippen LogP contribution in [0.15, 0.2) is 48.8 Å². The highest BCUT2D eigenvalue weighted by Gasteiger charge is 2.32. The number of nitrogens with one attached hydrogen (secondary N) is 2. The summed E-state index contributed by atoms with van der Waals surface area (Å²) < 4.78 is 0. The molecule has 2 amide bonds. The smallest absolute Gasteiger partial charge is 0.257 e. The van der Waals surface area contributed by atoms with Gasteiger partial charge in [0.15, 0.2) is 5.13 Å². The fourth-order valence-electron chi connectivity index (χ4n) is 3.12. The lowest BCUT2D eigenvalue weighted by molar-refractivity contribution is -0.122. The molecular weight excluding hydrogens is 396 g/mol. The monoisotopic (exact) mass is 412 g/mol. The minimum Gasteiger partial charge on any atom is -0.351 e. The molecular formula is C20H17ClN4O2S. The Labute approximate surface area is 171 Å². The predicted octanol–water partition coefficient (Wildman–Crippen LogP) is 3.79. The number of halogens is 1. The zero-order valence-corrected chi connectivity index (χ0v) is 16.4. The Morgan fingerprint density at radius 2 is 2.04 bits per heavy atom. The van der Waals surface area contributed by atoms with Gasteiger partial charge in [0, 0.05) is 34.4 Å². The second kappa shape index (κ2) is 8.08. The molecule has 2 aromatic heterocycles. The van der Waals surface area contributed by atoms with E-state index >= 15 is 0 Å². The SMILES string of the molecule is O=C(Nc1nc2c(s1)CCC2C(=O)NCc1cccnc1)c1ccc(Cl)cc1. The molecule has 0 fully saturated rings. The van der Waals surface area contributed by atoms with Crippen molar-refractivity contribution in [1.82, 2.24) is 15.3 Å². The standard InChI is InChI=1S/C20H17ClN4O2S/c21-14-5-3-13(4-6-14)18(26)25-20-24-17-15(7-8-16(17)28-20)19(27)23-11-12-2-1-9-22-10-12/h1-6,9-10,15H,7-8,11H2,(H,23,27)(H,24,25,26). The van der Waals surface area contributed by atoms with E-state index in [0.29, 0.717) is 22.3 Å². The zero-order valence-electron chi connectivity index (χ0n) is 14.8. The first-order valence-electron chi connectivity index (χ1n) is 8.83. The number of fused-ring (bicyclic) bond motifs is 1.